The molecule has 198 valence electrons. The molecule has 0 radical (unpaired) electrons. The van der Waals surface area contributed by atoms with Gasteiger partial charge in [0.2, 0.25) is 0 Å². The summed E-state index contributed by atoms with van der Waals surface area (Å²) in [6.07, 6.45) is 0. The van der Waals surface area contributed by atoms with Gasteiger partial charge in [-0.1, -0.05) is 91.0 Å². The Hall–Kier alpha value is -3.03. The maximum atomic E-state index is 11.6. The number of rotatable bonds is 15. The summed E-state index contributed by atoms with van der Waals surface area (Å²) in [6.45, 7) is 7.77. The SMILES string of the molecule is CC(C)(C)OC(=O)COCCOCCOCCOC(c1ccccc1)(c1ccccc1)c1ccccc1. The summed E-state index contributed by atoms with van der Waals surface area (Å²) in [7, 11) is 0. The van der Waals surface area contributed by atoms with Crippen LogP contribution in [0.25, 0.3) is 0 Å². The van der Waals surface area contributed by atoms with Gasteiger partial charge in [-0.25, -0.2) is 4.79 Å². The van der Waals surface area contributed by atoms with Gasteiger partial charge in [-0.2, -0.15) is 0 Å². The number of benzene rings is 3. The first-order chi connectivity index (χ1) is 17.9. The van der Waals surface area contributed by atoms with E-state index >= 15 is 0 Å². The smallest absolute Gasteiger partial charge is 0.332 e. The van der Waals surface area contributed by atoms with Crippen LogP contribution in [0.5, 0.6) is 0 Å². The number of hydrogen-bond donors (Lipinski definition) is 0. The maximum absolute atomic E-state index is 11.6. The van der Waals surface area contributed by atoms with Crippen molar-refractivity contribution in [1.29, 1.82) is 0 Å². The monoisotopic (exact) mass is 506 g/mol. The van der Waals surface area contributed by atoms with Crippen molar-refractivity contribution in [2.45, 2.75) is 32.0 Å². The van der Waals surface area contributed by atoms with E-state index in [0.29, 0.717) is 39.6 Å². The molecular formula is C31H38O6. The van der Waals surface area contributed by atoms with E-state index in [4.69, 9.17) is 23.7 Å². The fraction of sp³-hybridized carbons (Fsp3) is 0.387. The summed E-state index contributed by atoms with van der Waals surface area (Å²) in [5.41, 5.74) is 1.90. The summed E-state index contributed by atoms with van der Waals surface area (Å²) >= 11 is 0. The molecule has 37 heavy (non-hydrogen) atoms. The van der Waals surface area contributed by atoms with Crippen molar-refractivity contribution in [3.63, 3.8) is 0 Å². The third-order valence-electron chi connectivity index (χ3n) is 5.47. The van der Waals surface area contributed by atoms with Crippen molar-refractivity contribution in [2.24, 2.45) is 0 Å². The molecule has 6 nitrogen and oxygen atoms in total. The van der Waals surface area contributed by atoms with Crippen LogP contribution in [0.3, 0.4) is 0 Å². The molecule has 6 heteroatoms. The number of hydrogen-bond acceptors (Lipinski definition) is 6. The normalized spacial score (nSPS) is 11.9. The van der Waals surface area contributed by atoms with Gasteiger partial charge in [0.05, 0.1) is 39.6 Å². The van der Waals surface area contributed by atoms with E-state index in [1.165, 1.54) is 0 Å². The molecule has 0 heterocycles. The third kappa shape index (κ3) is 9.09. The standard InChI is InChI=1S/C31H38O6/c1-30(2,3)37-29(32)25-35-22-21-33-19-20-34-23-24-36-31(26-13-7-4-8-14-26,27-15-9-5-10-16-27)28-17-11-6-12-18-28/h4-18H,19-25H2,1-3H3. The van der Waals surface area contributed by atoms with Gasteiger partial charge in [-0.05, 0) is 37.5 Å². The summed E-state index contributed by atoms with van der Waals surface area (Å²) in [4.78, 5) is 11.6. The summed E-state index contributed by atoms with van der Waals surface area (Å²) in [6, 6.07) is 30.8. The zero-order chi connectivity index (χ0) is 26.4. The van der Waals surface area contributed by atoms with Crippen molar-refractivity contribution in [2.75, 3.05) is 46.2 Å². The van der Waals surface area contributed by atoms with E-state index in [9.17, 15) is 4.79 Å². The molecular weight excluding hydrogens is 468 g/mol. The lowest BCUT2D eigenvalue weighted by Gasteiger charge is -2.36. The first kappa shape index (κ1) is 28.5. The molecule has 3 aromatic carbocycles. The van der Waals surface area contributed by atoms with Crippen LogP contribution in [0.2, 0.25) is 0 Å². The highest BCUT2D eigenvalue weighted by atomic mass is 16.6. The molecule has 0 amide bonds. The Labute approximate surface area is 220 Å². The Morgan fingerprint density at radius 1 is 0.568 bits per heavy atom. The molecule has 0 saturated carbocycles. The first-order valence-electron chi connectivity index (χ1n) is 12.7. The summed E-state index contributed by atoms with van der Waals surface area (Å²) in [5, 5.41) is 0. The summed E-state index contributed by atoms with van der Waals surface area (Å²) in [5.74, 6) is -0.381. The zero-order valence-corrected chi connectivity index (χ0v) is 22.1. The average Bonchev–Trinajstić information content (AvgIpc) is 2.90. The second kappa shape index (κ2) is 14.6. The van der Waals surface area contributed by atoms with Gasteiger partial charge in [0.1, 0.15) is 17.8 Å². The molecule has 0 unspecified atom stereocenters. The Balaban J connectivity index is 1.47. The van der Waals surface area contributed by atoms with Gasteiger partial charge in [-0.3, -0.25) is 0 Å². The van der Waals surface area contributed by atoms with E-state index in [1.54, 1.807) is 0 Å². The highest BCUT2D eigenvalue weighted by Gasteiger charge is 2.37. The van der Waals surface area contributed by atoms with Crippen molar-refractivity contribution < 1.29 is 28.5 Å². The van der Waals surface area contributed by atoms with Gasteiger partial charge in [0.15, 0.2) is 0 Å². The predicted molar refractivity (Wildman–Crippen MR) is 143 cm³/mol. The highest BCUT2D eigenvalue weighted by Crippen LogP contribution is 2.40. The molecule has 3 aromatic rings. The molecule has 3 rings (SSSR count). The minimum Gasteiger partial charge on any atom is -0.458 e. The van der Waals surface area contributed by atoms with Gasteiger partial charge in [0.25, 0.3) is 0 Å². The van der Waals surface area contributed by atoms with Gasteiger partial charge < -0.3 is 23.7 Å². The second-order valence-electron chi connectivity index (χ2n) is 9.49. The quantitative estimate of drug-likeness (QED) is 0.157. The fourth-order valence-electron chi connectivity index (χ4n) is 3.99. The third-order valence-corrected chi connectivity index (χ3v) is 5.47. The fourth-order valence-corrected chi connectivity index (χ4v) is 3.99. The lowest BCUT2D eigenvalue weighted by Crippen LogP contribution is -2.34. The van der Waals surface area contributed by atoms with Crippen LogP contribution in [-0.4, -0.2) is 57.8 Å². The van der Waals surface area contributed by atoms with Crippen LogP contribution in [-0.2, 0) is 34.1 Å². The van der Waals surface area contributed by atoms with Crippen molar-refractivity contribution >= 4 is 5.97 Å². The second-order valence-corrected chi connectivity index (χ2v) is 9.49. The van der Waals surface area contributed by atoms with E-state index in [1.807, 2.05) is 75.4 Å². The predicted octanol–water partition coefficient (Wildman–Crippen LogP) is 5.39. The number of esters is 1. The van der Waals surface area contributed by atoms with Gasteiger partial charge >= 0.3 is 5.97 Å². The Morgan fingerprint density at radius 2 is 0.946 bits per heavy atom. The minimum absolute atomic E-state index is 0.0829. The van der Waals surface area contributed by atoms with Crippen LogP contribution in [0.4, 0.5) is 0 Å². The number of ether oxygens (including phenoxy) is 5. The minimum atomic E-state index is -0.755. The molecule has 0 bridgehead atoms. The van der Waals surface area contributed by atoms with Crippen LogP contribution in [0, 0.1) is 0 Å². The van der Waals surface area contributed by atoms with Crippen LogP contribution in [0.1, 0.15) is 37.5 Å². The number of carbonyl (C=O) groups excluding carboxylic acids is 1. The largest absolute Gasteiger partial charge is 0.458 e. The molecule has 0 spiro atoms. The Kier molecular flexibility index (Phi) is 11.3. The van der Waals surface area contributed by atoms with E-state index in [0.717, 1.165) is 16.7 Å². The average molecular weight is 507 g/mol. The van der Waals surface area contributed by atoms with Crippen molar-refractivity contribution in [3.8, 4) is 0 Å². The molecule has 0 aliphatic carbocycles. The Bertz CT molecular complexity index is 935. The summed E-state index contributed by atoms with van der Waals surface area (Å²) < 4.78 is 28.5. The topological polar surface area (TPSA) is 63.2 Å². The van der Waals surface area contributed by atoms with E-state index < -0.39 is 11.2 Å². The molecule has 0 aliphatic rings. The molecule has 0 saturated heterocycles. The lowest BCUT2D eigenvalue weighted by molar-refractivity contribution is -0.160. The van der Waals surface area contributed by atoms with Crippen LogP contribution < -0.4 is 0 Å². The highest BCUT2D eigenvalue weighted by molar-refractivity contribution is 5.71. The zero-order valence-electron chi connectivity index (χ0n) is 22.1. The van der Waals surface area contributed by atoms with Crippen molar-refractivity contribution in [3.05, 3.63) is 108 Å². The first-order valence-corrected chi connectivity index (χ1v) is 12.7. The molecule has 0 aromatic heterocycles. The molecule has 0 atom stereocenters. The van der Waals surface area contributed by atoms with E-state index in [-0.39, 0.29) is 12.6 Å². The Morgan fingerprint density at radius 3 is 1.35 bits per heavy atom. The molecule has 0 N–H and O–H groups in total. The van der Waals surface area contributed by atoms with Crippen molar-refractivity contribution in [1.82, 2.24) is 0 Å². The lowest BCUT2D eigenvalue weighted by atomic mass is 9.80. The van der Waals surface area contributed by atoms with Crippen LogP contribution in [0.15, 0.2) is 91.0 Å². The van der Waals surface area contributed by atoms with E-state index in [2.05, 4.69) is 36.4 Å². The van der Waals surface area contributed by atoms with Gasteiger partial charge in [0, 0.05) is 0 Å². The maximum Gasteiger partial charge on any atom is 0.332 e. The number of carbonyl (C=O) groups is 1. The van der Waals surface area contributed by atoms with Gasteiger partial charge in [-0.15, -0.1) is 0 Å². The van der Waals surface area contributed by atoms with Crippen LogP contribution >= 0.6 is 0 Å². The molecule has 0 aliphatic heterocycles. The molecule has 0 fully saturated rings.